The van der Waals surface area contributed by atoms with Crippen molar-refractivity contribution in [2.45, 2.75) is 90.4 Å². The number of carbonyl (C=O) groups is 2. The fourth-order valence-electron chi connectivity index (χ4n) is 6.77. The van der Waals surface area contributed by atoms with Gasteiger partial charge in [-0.3, -0.25) is 9.59 Å². The van der Waals surface area contributed by atoms with Crippen molar-refractivity contribution < 1.29 is 73.8 Å². The molecule has 2 heterocycles. The average Bonchev–Trinajstić information content (AvgIpc) is 3.20. The van der Waals surface area contributed by atoms with Gasteiger partial charge in [-0.1, -0.05) is 38.1 Å². The van der Waals surface area contributed by atoms with Gasteiger partial charge in [-0.05, 0) is 98.9 Å². The summed E-state index contributed by atoms with van der Waals surface area (Å²) in [6.07, 6.45) is -6.87. The number of esters is 2. The summed E-state index contributed by atoms with van der Waals surface area (Å²) in [5.41, 5.74) is -3.03. The van der Waals surface area contributed by atoms with Crippen LogP contribution in [0.5, 0.6) is 23.0 Å². The largest absolute Gasteiger partial charge is 0.494 e. The van der Waals surface area contributed by atoms with Crippen molar-refractivity contribution in [2.75, 3.05) is 66.1 Å². The third-order valence-electron chi connectivity index (χ3n) is 11.1. The standard InChI is InChI=1S/C46H56F6O10/c1-3-43(29-57-30-43)27-55-23-5-7-25-59-35-15-9-33(10-16-35)13-21-39(53)61-37-19-20-38(42(46(50,51)52)41(37)45(47,48)49)62-40(54)22-14-34-11-17-36(18-12-34)60-26-8-6-24-56-28-44(4-2)31-58-32-44/h9-12,15-20H,3-8,13-14,21-32H2,1-2H3. The van der Waals surface area contributed by atoms with Gasteiger partial charge in [0.2, 0.25) is 0 Å². The van der Waals surface area contributed by atoms with Crippen molar-refractivity contribution in [3.8, 4) is 23.0 Å². The molecule has 3 aromatic rings. The first-order valence-electron chi connectivity index (χ1n) is 21.1. The van der Waals surface area contributed by atoms with E-state index in [9.17, 15) is 35.9 Å². The van der Waals surface area contributed by atoms with Gasteiger partial charge in [0, 0.05) is 36.9 Å². The summed E-state index contributed by atoms with van der Waals surface area (Å²) < 4.78 is 129. The van der Waals surface area contributed by atoms with Crippen molar-refractivity contribution in [3.63, 3.8) is 0 Å². The average molecular weight is 883 g/mol. The topological polar surface area (TPSA) is 108 Å². The minimum atomic E-state index is -5.63. The zero-order chi connectivity index (χ0) is 44.6. The molecule has 0 amide bonds. The van der Waals surface area contributed by atoms with Crippen LogP contribution in [0.15, 0.2) is 60.7 Å². The fourth-order valence-corrected chi connectivity index (χ4v) is 6.77. The quantitative estimate of drug-likeness (QED) is 0.0335. The van der Waals surface area contributed by atoms with Gasteiger partial charge in [-0.2, -0.15) is 26.3 Å². The lowest BCUT2D eigenvalue weighted by molar-refractivity contribution is -0.165. The van der Waals surface area contributed by atoms with E-state index in [0.29, 0.717) is 74.4 Å². The highest BCUT2D eigenvalue weighted by Crippen LogP contribution is 2.49. The van der Waals surface area contributed by atoms with E-state index < -0.39 is 59.8 Å². The third kappa shape index (κ3) is 14.6. The summed E-state index contributed by atoms with van der Waals surface area (Å²) in [5, 5.41) is 0. The maximum absolute atomic E-state index is 14.3. The van der Waals surface area contributed by atoms with E-state index in [2.05, 4.69) is 13.8 Å². The summed E-state index contributed by atoms with van der Waals surface area (Å²) in [7, 11) is 0. The summed E-state index contributed by atoms with van der Waals surface area (Å²) in [5.74, 6) is -3.93. The van der Waals surface area contributed by atoms with Crippen molar-refractivity contribution in [2.24, 2.45) is 10.8 Å². The second kappa shape index (κ2) is 22.8. The number of ether oxygens (including phenoxy) is 8. The number of alkyl halides is 6. The maximum Gasteiger partial charge on any atom is 0.420 e. The molecule has 16 heteroatoms. The smallest absolute Gasteiger partial charge is 0.420 e. The Bertz CT molecular complexity index is 1710. The molecule has 0 saturated carbocycles. The molecular formula is C46H56F6O10. The van der Waals surface area contributed by atoms with Crippen LogP contribution in [0, 0.1) is 10.8 Å². The van der Waals surface area contributed by atoms with Gasteiger partial charge in [0.1, 0.15) is 34.1 Å². The van der Waals surface area contributed by atoms with Crippen molar-refractivity contribution in [1.29, 1.82) is 0 Å². The Kier molecular flexibility index (Phi) is 17.9. The lowest BCUT2D eigenvalue weighted by Gasteiger charge is -2.40. The molecule has 0 aliphatic carbocycles. The van der Waals surface area contributed by atoms with E-state index in [1.807, 2.05) is 0 Å². The molecule has 0 spiro atoms. The lowest BCUT2D eigenvalue weighted by Crippen LogP contribution is -2.45. The highest BCUT2D eigenvalue weighted by molar-refractivity contribution is 5.76. The molecule has 2 aliphatic rings. The van der Waals surface area contributed by atoms with Gasteiger partial charge < -0.3 is 37.9 Å². The Balaban J connectivity index is 1.05. The van der Waals surface area contributed by atoms with Crippen LogP contribution in [0.4, 0.5) is 26.3 Å². The first-order chi connectivity index (χ1) is 29.6. The lowest BCUT2D eigenvalue weighted by atomic mass is 9.84. The number of hydrogen-bond acceptors (Lipinski definition) is 10. The zero-order valence-corrected chi connectivity index (χ0v) is 35.3. The molecule has 2 aliphatic heterocycles. The third-order valence-corrected chi connectivity index (χ3v) is 11.1. The predicted molar refractivity (Wildman–Crippen MR) is 215 cm³/mol. The molecule has 62 heavy (non-hydrogen) atoms. The van der Waals surface area contributed by atoms with Crippen LogP contribution in [0.1, 0.15) is 87.5 Å². The number of carbonyl (C=O) groups excluding carboxylic acids is 2. The number of unbranched alkanes of at least 4 members (excludes halogenated alkanes) is 2. The molecule has 0 aromatic heterocycles. The van der Waals surface area contributed by atoms with Crippen molar-refractivity contribution >= 4 is 11.9 Å². The highest BCUT2D eigenvalue weighted by Gasteiger charge is 2.49. The van der Waals surface area contributed by atoms with Crippen LogP contribution in [0.25, 0.3) is 0 Å². The van der Waals surface area contributed by atoms with E-state index in [0.717, 1.165) is 65.0 Å². The van der Waals surface area contributed by atoms with Gasteiger partial charge >= 0.3 is 24.3 Å². The molecule has 10 nitrogen and oxygen atoms in total. The van der Waals surface area contributed by atoms with Crippen LogP contribution in [0.2, 0.25) is 0 Å². The van der Waals surface area contributed by atoms with Crippen LogP contribution in [0.3, 0.4) is 0 Å². The van der Waals surface area contributed by atoms with E-state index in [1.54, 1.807) is 48.5 Å². The van der Waals surface area contributed by atoms with E-state index >= 15 is 0 Å². The van der Waals surface area contributed by atoms with Gasteiger partial charge in [0.25, 0.3) is 0 Å². The molecule has 0 atom stereocenters. The number of halogens is 6. The molecule has 0 radical (unpaired) electrons. The first kappa shape index (κ1) is 48.6. The summed E-state index contributed by atoms with van der Waals surface area (Å²) in [6, 6.07) is 14.5. The molecule has 0 N–H and O–H groups in total. The normalized spacial score (nSPS) is 15.6. The van der Waals surface area contributed by atoms with Gasteiger partial charge in [0.05, 0.1) is 52.9 Å². The van der Waals surface area contributed by atoms with E-state index in [-0.39, 0.29) is 23.7 Å². The number of hydrogen-bond donors (Lipinski definition) is 0. The number of aryl methyl sites for hydroxylation is 2. The highest BCUT2D eigenvalue weighted by atomic mass is 19.4. The van der Waals surface area contributed by atoms with E-state index in [4.69, 9.17) is 37.9 Å². The minimum absolute atomic E-state index is 0.0339. The molecule has 0 unspecified atom stereocenters. The predicted octanol–water partition coefficient (Wildman–Crippen LogP) is 10.0. The zero-order valence-electron chi connectivity index (χ0n) is 35.3. The SMILES string of the molecule is CCC1(COCCCCOc2ccc(CCC(=O)Oc3ccc(OC(=O)CCc4ccc(OCCCCOCC5(CC)COC5)cc4)c(C(F)(F)F)c3C(F)(F)F)cc2)COC1. The fraction of sp³-hybridized carbons (Fsp3) is 0.565. The molecule has 2 saturated heterocycles. The molecular weight excluding hydrogens is 826 g/mol. The van der Waals surface area contributed by atoms with Gasteiger partial charge in [0.15, 0.2) is 0 Å². The van der Waals surface area contributed by atoms with Crippen LogP contribution < -0.4 is 18.9 Å². The van der Waals surface area contributed by atoms with Gasteiger partial charge in [-0.25, -0.2) is 0 Å². The molecule has 5 rings (SSSR count). The summed E-state index contributed by atoms with van der Waals surface area (Å²) in [4.78, 5) is 25.3. The Labute approximate surface area is 358 Å². The van der Waals surface area contributed by atoms with E-state index in [1.165, 1.54) is 0 Å². The summed E-state index contributed by atoms with van der Waals surface area (Å²) in [6.45, 7) is 10.6. The number of benzene rings is 3. The second-order valence-corrected chi connectivity index (χ2v) is 16.0. The Morgan fingerprint density at radius 3 is 1.21 bits per heavy atom. The Hall–Kier alpha value is -4.38. The molecule has 342 valence electrons. The molecule has 3 aromatic carbocycles. The van der Waals surface area contributed by atoms with Crippen LogP contribution in [-0.2, 0) is 53.7 Å². The Morgan fingerprint density at radius 1 is 0.548 bits per heavy atom. The number of rotatable bonds is 26. The summed E-state index contributed by atoms with van der Waals surface area (Å²) >= 11 is 0. The van der Waals surface area contributed by atoms with Crippen LogP contribution in [-0.4, -0.2) is 78.0 Å². The maximum atomic E-state index is 14.3. The molecule has 2 fully saturated rings. The van der Waals surface area contributed by atoms with Crippen molar-refractivity contribution in [3.05, 3.63) is 82.9 Å². The monoisotopic (exact) mass is 882 g/mol. The van der Waals surface area contributed by atoms with Crippen LogP contribution >= 0.6 is 0 Å². The second-order valence-electron chi connectivity index (χ2n) is 16.0. The Morgan fingerprint density at radius 2 is 0.903 bits per heavy atom. The van der Waals surface area contributed by atoms with Gasteiger partial charge in [-0.15, -0.1) is 0 Å². The molecule has 0 bridgehead atoms. The van der Waals surface area contributed by atoms with Crippen molar-refractivity contribution in [1.82, 2.24) is 0 Å². The first-order valence-corrected chi connectivity index (χ1v) is 21.1. The minimum Gasteiger partial charge on any atom is -0.494 e.